The van der Waals surface area contributed by atoms with Crippen LogP contribution in [0.3, 0.4) is 0 Å². The van der Waals surface area contributed by atoms with E-state index in [1.54, 1.807) is 42.5 Å². The average Bonchev–Trinajstić information content (AvgIpc) is 3.11. The first-order chi connectivity index (χ1) is 24.8. The third kappa shape index (κ3) is 16.2. The van der Waals surface area contributed by atoms with Crippen LogP contribution >= 0.6 is 0 Å². The maximum atomic E-state index is 13.8. The minimum atomic E-state index is -1.15. The summed E-state index contributed by atoms with van der Waals surface area (Å²) in [5, 5.41) is 12.8. The van der Waals surface area contributed by atoms with Crippen LogP contribution in [-0.4, -0.2) is 74.1 Å². The summed E-state index contributed by atoms with van der Waals surface area (Å²) < 4.78 is 10.3. The first-order valence-corrected chi connectivity index (χ1v) is 16.8. The summed E-state index contributed by atoms with van der Waals surface area (Å²) in [6.45, 7) is 12.3. The Morgan fingerprint density at radius 1 is 0.808 bits per heavy atom. The molecule has 2 rings (SSSR count). The van der Waals surface area contributed by atoms with Gasteiger partial charge in [0.25, 0.3) is 0 Å². The lowest BCUT2D eigenvalue weighted by molar-refractivity contribution is -0.132. The maximum Gasteiger partial charge on any atom is 0.407 e. The van der Waals surface area contributed by atoms with E-state index in [0.29, 0.717) is 18.4 Å². The Morgan fingerprint density at radius 3 is 2.12 bits per heavy atom. The topological polar surface area (TPSA) is 207 Å². The molecule has 52 heavy (non-hydrogen) atoms. The van der Waals surface area contributed by atoms with Crippen molar-refractivity contribution in [2.45, 2.75) is 65.1 Å². The molecule has 0 aromatic heterocycles. The Hall–Kier alpha value is -5.92. The Morgan fingerprint density at radius 2 is 1.48 bits per heavy atom. The van der Waals surface area contributed by atoms with E-state index in [0.717, 1.165) is 27.8 Å². The van der Waals surface area contributed by atoms with Gasteiger partial charge in [-0.2, -0.15) is 0 Å². The predicted octanol–water partition coefficient (Wildman–Crippen LogP) is 2.85. The number of amides is 6. The number of nitrogens with one attached hydrogen (secondary N) is 5. The number of carbonyl (C=O) groups excluding carboxylic acids is 6. The number of alkyl carbamates (subject to hydrolysis) is 2. The SMILES string of the molecule is C=C/C=C(\C=C)COC(=O)NCCCCC(NC(=O)C(Cc1c(C)cc(C)cc1C)NC(=O)CNC(=O)OCc1ccccc1)C(=O)NCC(N)=O. The van der Waals surface area contributed by atoms with Gasteiger partial charge in [-0.1, -0.05) is 79.4 Å². The van der Waals surface area contributed by atoms with Gasteiger partial charge in [0.05, 0.1) is 6.54 Å². The highest BCUT2D eigenvalue weighted by Crippen LogP contribution is 2.18. The Labute approximate surface area is 304 Å². The van der Waals surface area contributed by atoms with Crippen molar-refractivity contribution in [3.8, 4) is 0 Å². The Kier molecular flexibility index (Phi) is 18.5. The molecule has 2 unspecified atom stereocenters. The van der Waals surface area contributed by atoms with Crippen LogP contribution in [0.25, 0.3) is 0 Å². The number of rotatable bonds is 21. The molecule has 0 fully saturated rings. The quantitative estimate of drug-likeness (QED) is 0.0834. The largest absolute Gasteiger partial charge is 0.445 e. The monoisotopic (exact) mass is 718 g/mol. The molecule has 7 N–H and O–H groups in total. The Bertz CT molecular complexity index is 1580. The molecule has 0 saturated carbocycles. The van der Waals surface area contributed by atoms with Crippen LogP contribution < -0.4 is 32.3 Å². The lowest BCUT2D eigenvalue weighted by Crippen LogP contribution is -2.56. The summed E-state index contributed by atoms with van der Waals surface area (Å²) >= 11 is 0. The molecule has 14 nitrogen and oxygen atoms in total. The van der Waals surface area contributed by atoms with Crippen LogP contribution in [0.4, 0.5) is 9.59 Å². The zero-order chi connectivity index (χ0) is 38.5. The fraction of sp³-hybridized carbons (Fsp3) is 0.368. The van der Waals surface area contributed by atoms with E-state index in [2.05, 4.69) is 39.7 Å². The van der Waals surface area contributed by atoms with Crippen LogP contribution in [0.2, 0.25) is 0 Å². The molecular formula is C38H50N6O8. The van der Waals surface area contributed by atoms with E-state index in [1.807, 2.05) is 39.0 Å². The van der Waals surface area contributed by atoms with Crippen LogP contribution in [0.5, 0.6) is 0 Å². The molecule has 0 radical (unpaired) electrons. The summed E-state index contributed by atoms with van der Waals surface area (Å²) in [7, 11) is 0. The maximum absolute atomic E-state index is 13.8. The summed E-state index contributed by atoms with van der Waals surface area (Å²) in [6, 6.07) is 10.7. The van der Waals surface area contributed by atoms with Crippen LogP contribution in [0.15, 0.2) is 79.4 Å². The zero-order valence-electron chi connectivity index (χ0n) is 30.0. The number of ether oxygens (including phenoxy) is 2. The van der Waals surface area contributed by atoms with E-state index < -0.39 is 61.0 Å². The van der Waals surface area contributed by atoms with Crippen molar-refractivity contribution in [2.75, 3.05) is 26.2 Å². The minimum absolute atomic E-state index is 0.00885. The summed E-state index contributed by atoms with van der Waals surface area (Å²) in [4.78, 5) is 75.6. The second-order valence-corrected chi connectivity index (χ2v) is 12.0. The van der Waals surface area contributed by atoms with E-state index in [4.69, 9.17) is 15.2 Å². The van der Waals surface area contributed by atoms with Gasteiger partial charge in [0, 0.05) is 13.0 Å². The molecule has 0 aliphatic heterocycles. The van der Waals surface area contributed by atoms with Gasteiger partial charge in [0.2, 0.25) is 23.6 Å². The fourth-order valence-electron chi connectivity index (χ4n) is 5.15. The number of aryl methyl sites for hydroxylation is 3. The molecule has 0 saturated heterocycles. The molecule has 2 aromatic carbocycles. The molecular weight excluding hydrogens is 668 g/mol. The highest BCUT2D eigenvalue weighted by atomic mass is 16.6. The van der Waals surface area contributed by atoms with Gasteiger partial charge in [-0.3, -0.25) is 19.2 Å². The van der Waals surface area contributed by atoms with Crippen molar-refractivity contribution in [3.05, 3.63) is 107 Å². The van der Waals surface area contributed by atoms with Gasteiger partial charge in [0.1, 0.15) is 31.8 Å². The fourth-order valence-corrected chi connectivity index (χ4v) is 5.15. The van der Waals surface area contributed by atoms with Gasteiger partial charge in [0.15, 0.2) is 0 Å². The number of hydrogen-bond donors (Lipinski definition) is 6. The van der Waals surface area contributed by atoms with Gasteiger partial charge in [-0.15, -0.1) is 0 Å². The number of allylic oxidation sites excluding steroid dienone is 2. The van der Waals surface area contributed by atoms with E-state index in [-0.39, 0.29) is 32.6 Å². The molecule has 0 bridgehead atoms. The van der Waals surface area contributed by atoms with Crippen molar-refractivity contribution in [1.82, 2.24) is 26.6 Å². The zero-order valence-corrected chi connectivity index (χ0v) is 30.0. The predicted molar refractivity (Wildman–Crippen MR) is 197 cm³/mol. The van der Waals surface area contributed by atoms with Crippen molar-refractivity contribution in [3.63, 3.8) is 0 Å². The minimum Gasteiger partial charge on any atom is -0.445 e. The van der Waals surface area contributed by atoms with Crippen molar-refractivity contribution < 1.29 is 38.2 Å². The summed E-state index contributed by atoms with van der Waals surface area (Å²) in [5.41, 5.74) is 10.3. The van der Waals surface area contributed by atoms with Gasteiger partial charge < -0.3 is 41.8 Å². The van der Waals surface area contributed by atoms with Gasteiger partial charge in [-0.05, 0) is 67.9 Å². The summed E-state index contributed by atoms with van der Waals surface area (Å²) in [6.07, 6.45) is 4.34. The second kappa shape index (κ2) is 22.7. The van der Waals surface area contributed by atoms with E-state index in [9.17, 15) is 28.8 Å². The highest BCUT2D eigenvalue weighted by molar-refractivity contribution is 5.94. The molecule has 0 aliphatic carbocycles. The van der Waals surface area contributed by atoms with Crippen LogP contribution in [0.1, 0.15) is 47.1 Å². The number of hydrogen-bond acceptors (Lipinski definition) is 8. The average molecular weight is 719 g/mol. The molecule has 2 atom stereocenters. The smallest absolute Gasteiger partial charge is 0.407 e. The van der Waals surface area contributed by atoms with Gasteiger partial charge >= 0.3 is 12.2 Å². The lowest BCUT2D eigenvalue weighted by Gasteiger charge is -2.24. The normalized spacial score (nSPS) is 11.9. The standard InChI is InChI=1S/C38H50N6O8/c1-6-13-28(7-2)23-51-37(49)40-17-12-11-16-31(35(47)41-21-33(39)45)44-36(48)32(20-30-26(4)18-25(3)19-27(30)5)43-34(46)22-42-38(50)52-24-29-14-9-8-10-15-29/h6-10,13-15,18-19,31-32H,1-2,11-12,16-17,20-24H2,3-5H3,(H2,39,45)(H,40,49)(H,41,47)(H,42,50)(H,43,46)(H,44,48)/b28-13+. The third-order valence-electron chi connectivity index (χ3n) is 7.73. The number of carbonyl (C=O) groups is 6. The van der Waals surface area contributed by atoms with Crippen molar-refractivity contribution in [2.24, 2.45) is 5.73 Å². The lowest BCUT2D eigenvalue weighted by atomic mass is 9.94. The molecule has 0 heterocycles. The third-order valence-corrected chi connectivity index (χ3v) is 7.73. The molecule has 0 aliphatic rings. The van der Waals surface area contributed by atoms with E-state index >= 15 is 0 Å². The number of benzene rings is 2. The number of nitrogens with two attached hydrogens (primary N) is 1. The van der Waals surface area contributed by atoms with Crippen LogP contribution in [0, 0.1) is 20.8 Å². The van der Waals surface area contributed by atoms with Gasteiger partial charge in [-0.25, -0.2) is 9.59 Å². The molecule has 0 spiro atoms. The molecule has 2 aromatic rings. The molecule has 14 heteroatoms. The van der Waals surface area contributed by atoms with E-state index in [1.165, 1.54) is 0 Å². The first-order valence-electron chi connectivity index (χ1n) is 16.8. The Balaban J connectivity index is 2.10. The highest BCUT2D eigenvalue weighted by Gasteiger charge is 2.28. The number of unbranched alkanes of at least 4 members (excludes halogenated alkanes) is 1. The van der Waals surface area contributed by atoms with Crippen molar-refractivity contribution in [1.29, 1.82) is 0 Å². The van der Waals surface area contributed by atoms with Crippen LogP contribution in [-0.2, 0) is 41.7 Å². The first kappa shape index (κ1) is 42.2. The number of primary amides is 1. The van der Waals surface area contributed by atoms with Crippen molar-refractivity contribution >= 4 is 35.8 Å². The molecule has 280 valence electrons. The molecule has 6 amide bonds. The second-order valence-electron chi connectivity index (χ2n) is 12.0. The summed E-state index contributed by atoms with van der Waals surface area (Å²) in [5.74, 6) is -2.74.